The minimum absolute atomic E-state index is 0.331. The molecule has 1 aromatic rings. The van der Waals surface area contributed by atoms with Crippen LogP contribution >= 0.6 is 39.0 Å². The van der Waals surface area contributed by atoms with Crippen molar-refractivity contribution < 1.29 is 0 Å². The van der Waals surface area contributed by atoms with Crippen LogP contribution in [-0.2, 0) is 0 Å². The van der Waals surface area contributed by atoms with Crippen LogP contribution in [0.15, 0.2) is 3.92 Å². The fourth-order valence-electron chi connectivity index (χ4n) is 1.13. The van der Waals surface area contributed by atoms with Crippen molar-refractivity contribution in [3.05, 3.63) is 3.92 Å². The second kappa shape index (κ2) is 3.40. The number of aromatic nitrogens is 2. The molecule has 0 aromatic carbocycles. The van der Waals surface area contributed by atoms with E-state index in [-0.39, 0.29) is 0 Å². The fourth-order valence-corrected chi connectivity index (χ4v) is 3.33. The Labute approximate surface area is 93.8 Å². The first-order valence-electron chi connectivity index (χ1n) is 3.97. The standard InChI is InChI=1S/C7H10BrN3S2/c1-7(2)4(3-12-7)9-6-11-10-5(8)13-6/h4H,3H2,1-2H3,(H,9,11). The van der Waals surface area contributed by atoms with Gasteiger partial charge in [-0.05, 0) is 29.8 Å². The largest absolute Gasteiger partial charge is 0.355 e. The van der Waals surface area contributed by atoms with E-state index < -0.39 is 0 Å². The molecule has 0 radical (unpaired) electrons. The molecule has 0 amide bonds. The van der Waals surface area contributed by atoms with Crippen molar-refractivity contribution in [1.82, 2.24) is 10.2 Å². The van der Waals surface area contributed by atoms with Gasteiger partial charge in [0.05, 0.1) is 6.04 Å². The molecule has 1 aliphatic rings. The molecule has 2 rings (SSSR count). The van der Waals surface area contributed by atoms with Crippen molar-refractivity contribution in [2.45, 2.75) is 24.6 Å². The molecule has 0 saturated carbocycles. The maximum Gasteiger partial charge on any atom is 0.206 e. The topological polar surface area (TPSA) is 37.8 Å². The Morgan fingerprint density at radius 2 is 2.31 bits per heavy atom. The van der Waals surface area contributed by atoms with Crippen molar-refractivity contribution in [1.29, 1.82) is 0 Å². The molecule has 1 aliphatic heterocycles. The lowest BCUT2D eigenvalue weighted by molar-refractivity contribution is 0.575. The third-order valence-corrected chi connectivity index (χ3v) is 4.97. The maximum absolute atomic E-state index is 4.00. The summed E-state index contributed by atoms with van der Waals surface area (Å²) in [4.78, 5) is 0. The summed E-state index contributed by atoms with van der Waals surface area (Å²) in [5.74, 6) is 1.16. The third-order valence-electron chi connectivity index (χ3n) is 2.16. The predicted octanol–water partition coefficient (Wildman–Crippen LogP) is 2.61. The second-order valence-electron chi connectivity index (χ2n) is 3.47. The zero-order valence-electron chi connectivity index (χ0n) is 7.37. The Bertz CT molecular complexity index is 312. The molecule has 1 atom stereocenters. The number of anilines is 1. The highest BCUT2D eigenvalue weighted by atomic mass is 79.9. The second-order valence-corrected chi connectivity index (χ2v) is 7.40. The van der Waals surface area contributed by atoms with Crippen molar-refractivity contribution in [3.8, 4) is 0 Å². The van der Waals surface area contributed by atoms with Crippen LogP contribution in [0.2, 0.25) is 0 Å². The summed E-state index contributed by atoms with van der Waals surface area (Å²) in [6.45, 7) is 4.49. The highest BCUT2D eigenvalue weighted by Crippen LogP contribution is 2.41. The van der Waals surface area contributed by atoms with E-state index in [1.807, 2.05) is 11.8 Å². The zero-order valence-corrected chi connectivity index (χ0v) is 10.6. The number of hydrogen-bond acceptors (Lipinski definition) is 5. The van der Waals surface area contributed by atoms with Crippen LogP contribution in [0, 0.1) is 0 Å². The highest BCUT2D eigenvalue weighted by Gasteiger charge is 2.39. The van der Waals surface area contributed by atoms with Crippen LogP contribution in [0.3, 0.4) is 0 Å². The molecule has 72 valence electrons. The summed E-state index contributed by atoms with van der Waals surface area (Å²) in [5, 5.41) is 12.2. The van der Waals surface area contributed by atoms with Gasteiger partial charge in [-0.3, -0.25) is 0 Å². The number of nitrogens with one attached hydrogen (secondary N) is 1. The molecule has 3 nitrogen and oxygen atoms in total. The summed E-state index contributed by atoms with van der Waals surface area (Å²) >= 11 is 6.81. The van der Waals surface area contributed by atoms with Crippen LogP contribution < -0.4 is 5.32 Å². The van der Waals surface area contributed by atoms with E-state index in [2.05, 4.69) is 45.3 Å². The molecule has 0 aliphatic carbocycles. The van der Waals surface area contributed by atoms with E-state index in [0.29, 0.717) is 10.8 Å². The minimum Gasteiger partial charge on any atom is -0.355 e. The summed E-state index contributed by atoms with van der Waals surface area (Å²) in [6.07, 6.45) is 0. The van der Waals surface area contributed by atoms with E-state index in [1.54, 1.807) is 11.3 Å². The molecule has 1 unspecified atom stereocenters. The molecular weight excluding hydrogens is 270 g/mol. The van der Waals surface area contributed by atoms with E-state index >= 15 is 0 Å². The van der Waals surface area contributed by atoms with Crippen molar-refractivity contribution in [2.75, 3.05) is 11.1 Å². The summed E-state index contributed by atoms with van der Waals surface area (Å²) < 4.78 is 1.16. The Hall–Kier alpha value is 0.190. The molecule has 0 bridgehead atoms. The van der Waals surface area contributed by atoms with Gasteiger partial charge >= 0.3 is 0 Å². The normalized spacial score (nSPS) is 25.3. The van der Waals surface area contributed by atoms with E-state index in [4.69, 9.17) is 0 Å². The van der Waals surface area contributed by atoms with Crippen LogP contribution in [0.25, 0.3) is 0 Å². The van der Waals surface area contributed by atoms with Gasteiger partial charge in [-0.1, -0.05) is 11.3 Å². The summed E-state index contributed by atoms with van der Waals surface area (Å²) in [5.41, 5.74) is 0. The van der Waals surface area contributed by atoms with E-state index in [1.165, 1.54) is 0 Å². The SMILES string of the molecule is CC1(C)SCC1Nc1nnc(Br)s1. The predicted molar refractivity (Wildman–Crippen MR) is 61.6 cm³/mol. The number of thioether (sulfide) groups is 1. The molecule has 2 heterocycles. The Balaban J connectivity index is 1.99. The monoisotopic (exact) mass is 279 g/mol. The van der Waals surface area contributed by atoms with Gasteiger partial charge in [-0.15, -0.1) is 10.2 Å². The van der Waals surface area contributed by atoms with Gasteiger partial charge in [0.25, 0.3) is 0 Å². The van der Waals surface area contributed by atoms with Gasteiger partial charge < -0.3 is 5.32 Å². The first kappa shape index (κ1) is 9.73. The number of hydrogen-bond donors (Lipinski definition) is 1. The molecule has 13 heavy (non-hydrogen) atoms. The van der Waals surface area contributed by atoms with Gasteiger partial charge in [0, 0.05) is 10.5 Å². The average Bonchev–Trinajstić information content (AvgIpc) is 2.46. The van der Waals surface area contributed by atoms with Crippen LogP contribution in [0.5, 0.6) is 0 Å². The molecule has 1 saturated heterocycles. The van der Waals surface area contributed by atoms with Gasteiger partial charge in [-0.2, -0.15) is 11.8 Å². The Kier molecular flexibility index (Phi) is 2.55. The fraction of sp³-hybridized carbons (Fsp3) is 0.714. The van der Waals surface area contributed by atoms with Gasteiger partial charge in [-0.25, -0.2) is 0 Å². The lowest BCUT2D eigenvalue weighted by Crippen LogP contribution is -2.50. The molecule has 1 fully saturated rings. The van der Waals surface area contributed by atoms with Gasteiger partial charge in [0.1, 0.15) is 0 Å². The highest BCUT2D eigenvalue weighted by molar-refractivity contribution is 9.11. The Morgan fingerprint density at radius 3 is 2.69 bits per heavy atom. The van der Waals surface area contributed by atoms with E-state index in [0.717, 1.165) is 14.8 Å². The molecule has 6 heteroatoms. The summed E-state index contributed by atoms with van der Waals surface area (Å²) in [6, 6.07) is 0.525. The van der Waals surface area contributed by atoms with Crippen LogP contribution in [0.1, 0.15) is 13.8 Å². The molecule has 1 N–H and O–H groups in total. The first-order valence-corrected chi connectivity index (χ1v) is 6.57. The van der Waals surface area contributed by atoms with Crippen molar-refractivity contribution in [3.63, 3.8) is 0 Å². The lowest BCUT2D eigenvalue weighted by atomic mass is 10.0. The first-order chi connectivity index (χ1) is 6.08. The number of nitrogens with zero attached hydrogens (tertiary/aromatic N) is 2. The average molecular weight is 280 g/mol. The van der Waals surface area contributed by atoms with Crippen molar-refractivity contribution in [2.24, 2.45) is 0 Å². The maximum atomic E-state index is 4.00. The zero-order chi connectivity index (χ0) is 9.47. The van der Waals surface area contributed by atoms with Gasteiger partial charge in [0.15, 0.2) is 3.92 Å². The van der Waals surface area contributed by atoms with E-state index in [9.17, 15) is 0 Å². The molecule has 1 aromatic heterocycles. The smallest absolute Gasteiger partial charge is 0.206 e. The lowest BCUT2D eigenvalue weighted by Gasteiger charge is -2.43. The number of halogens is 1. The quantitative estimate of drug-likeness (QED) is 0.903. The van der Waals surface area contributed by atoms with Crippen LogP contribution in [-0.4, -0.2) is 26.7 Å². The molecule has 0 spiro atoms. The minimum atomic E-state index is 0.331. The van der Waals surface area contributed by atoms with Gasteiger partial charge in [0.2, 0.25) is 5.13 Å². The summed E-state index contributed by atoms with van der Waals surface area (Å²) in [7, 11) is 0. The molecular formula is C7H10BrN3S2. The van der Waals surface area contributed by atoms with Crippen LogP contribution in [0.4, 0.5) is 5.13 Å². The van der Waals surface area contributed by atoms with Crippen molar-refractivity contribution >= 4 is 44.2 Å². The Morgan fingerprint density at radius 1 is 1.54 bits per heavy atom. The number of rotatable bonds is 2. The third kappa shape index (κ3) is 1.99.